The van der Waals surface area contributed by atoms with Gasteiger partial charge in [-0.1, -0.05) is 0 Å². The van der Waals surface area contributed by atoms with E-state index in [1.165, 1.54) is 0 Å². The Bertz CT molecular complexity index is 28.9. The van der Waals surface area contributed by atoms with E-state index in [4.69, 9.17) is 6.15 Å². The molecule has 0 aromatic heterocycles. The summed E-state index contributed by atoms with van der Waals surface area (Å²) in [6.07, 6.45) is 0. The second kappa shape index (κ2) is 6.72. The van der Waals surface area contributed by atoms with E-state index in [1.807, 2.05) is 13.8 Å². The Labute approximate surface area is 55.5 Å². The summed E-state index contributed by atoms with van der Waals surface area (Å²) in [6, 6.07) is 0. The first-order chi connectivity index (χ1) is 3.41. The molecule has 0 N–H and O–H groups in total. The van der Waals surface area contributed by atoms with E-state index in [9.17, 15) is 0 Å². The van der Waals surface area contributed by atoms with Crippen molar-refractivity contribution in [1.29, 1.82) is 0 Å². The maximum absolute atomic E-state index is 5.02. The summed E-state index contributed by atoms with van der Waals surface area (Å²) in [6.45, 7) is 5.60. The Morgan fingerprint density at radius 3 is 1.86 bits per heavy atom. The molecular weight excluding hydrogens is 199 g/mol. The molecule has 3 heteroatoms. The van der Waals surface area contributed by atoms with E-state index in [0.29, 0.717) is 0 Å². The van der Waals surface area contributed by atoms with Crippen LogP contribution in [0, 0.1) is 0 Å². The van der Waals surface area contributed by atoms with Gasteiger partial charge in [0.15, 0.2) is 0 Å². The van der Waals surface area contributed by atoms with Crippen LogP contribution in [0.1, 0.15) is 13.8 Å². The van der Waals surface area contributed by atoms with Crippen LogP contribution >= 0.6 is 0 Å². The van der Waals surface area contributed by atoms with Crippen molar-refractivity contribution in [3.05, 3.63) is 0 Å². The van der Waals surface area contributed by atoms with Crippen LogP contribution in [0.3, 0.4) is 0 Å². The van der Waals surface area contributed by atoms with Crippen molar-refractivity contribution >= 4 is 22.0 Å². The van der Waals surface area contributed by atoms with Crippen molar-refractivity contribution in [3.63, 3.8) is 0 Å². The summed E-state index contributed by atoms with van der Waals surface area (Å²) in [7, 11) is 0. The van der Waals surface area contributed by atoms with Gasteiger partial charge in [0.05, 0.1) is 0 Å². The van der Waals surface area contributed by atoms with Gasteiger partial charge in [-0.2, -0.15) is 0 Å². The zero-order valence-corrected chi connectivity index (χ0v) is 7.58. The maximum atomic E-state index is 5.02. The van der Waals surface area contributed by atoms with Gasteiger partial charge < -0.3 is 0 Å². The Balaban J connectivity index is 2.45. The first-order valence-electron chi connectivity index (χ1n) is 2.40. The van der Waals surface area contributed by atoms with Crippen molar-refractivity contribution in [2.45, 2.75) is 13.8 Å². The van der Waals surface area contributed by atoms with Crippen LogP contribution in [0.4, 0.5) is 0 Å². The molecule has 0 saturated carbocycles. The first kappa shape index (κ1) is 7.72. The van der Waals surface area contributed by atoms with Gasteiger partial charge in [0.25, 0.3) is 0 Å². The van der Waals surface area contributed by atoms with Gasteiger partial charge in [0, 0.05) is 0 Å². The number of hydrogen-bond acceptors (Lipinski definition) is 2. The van der Waals surface area contributed by atoms with E-state index >= 15 is 0 Å². The average Bonchev–Trinajstić information content (AvgIpc) is 1.69. The van der Waals surface area contributed by atoms with Crippen LogP contribution in [0.5, 0.6) is 0 Å². The van der Waals surface area contributed by atoms with Crippen molar-refractivity contribution < 1.29 is 6.15 Å². The third-order valence-electron chi connectivity index (χ3n) is 0.407. The van der Waals surface area contributed by atoms with Crippen molar-refractivity contribution in [2.75, 3.05) is 13.2 Å². The van der Waals surface area contributed by atoms with E-state index in [0.717, 1.165) is 13.2 Å². The van der Waals surface area contributed by atoms with E-state index in [-0.39, 0.29) is 0 Å². The summed E-state index contributed by atoms with van der Waals surface area (Å²) >= 11 is -0.819. The van der Waals surface area contributed by atoms with Gasteiger partial charge in [-0.3, -0.25) is 0 Å². The quantitative estimate of drug-likeness (QED) is 0.498. The fourth-order valence-corrected chi connectivity index (χ4v) is 1.07. The molecule has 0 aliphatic carbocycles. The van der Waals surface area contributed by atoms with Gasteiger partial charge in [-0.05, 0) is 0 Å². The summed E-state index contributed by atoms with van der Waals surface area (Å²) < 4.78 is 10.0. The molecule has 0 radical (unpaired) electrons. The third-order valence-corrected chi connectivity index (χ3v) is 2.73. The molecule has 0 spiro atoms. The predicted octanol–water partition coefficient (Wildman–Crippen LogP) is 0.594. The van der Waals surface area contributed by atoms with Crippen LogP contribution in [0.25, 0.3) is 0 Å². The van der Waals surface area contributed by atoms with Gasteiger partial charge >= 0.3 is 55.2 Å². The zero-order valence-electron chi connectivity index (χ0n) is 4.73. The van der Waals surface area contributed by atoms with Crippen molar-refractivity contribution in [1.82, 2.24) is 0 Å². The van der Waals surface area contributed by atoms with Crippen LogP contribution < -0.4 is 0 Å². The second-order valence-corrected chi connectivity index (χ2v) is 3.07. The van der Waals surface area contributed by atoms with E-state index < -0.39 is 22.0 Å². The summed E-state index contributed by atoms with van der Waals surface area (Å²) in [4.78, 5) is 0. The summed E-state index contributed by atoms with van der Waals surface area (Å²) in [5.74, 6) is 0. The van der Waals surface area contributed by atoms with Crippen LogP contribution in [-0.4, -0.2) is 35.2 Å². The SMILES string of the molecule is CC[O][Sn+2][O]CC. The molecule has 0 amide bonds. The van der Waals surface area contributed by atoms with Crippen LogP contribution in [-0.2, 0) is 6.15 Å². The van der Waals surface area contributed by atoms with E-state index in [2.05, 4.69) is 0 Å². The predicted molar refractivity (Wildman–Crippen MR) is 29.0 cm³/mol. The Hall–Kier alpha value is 0.719. The Morgan fingerprint density at radius 2 is 1.57 bits per heavy atom. The molecule has 0 rings (SSSR count). The second-order valence-electron chi connectivity index (χ2n) is 0.949. The fourth-order valence-electron chi connectivity index (χ4n) is 0.160. The standard InChI is InChI=1S/2C2H5O.Sn/c2*1-2-3;/h2*2H2,1H3;/q2*-1;+4. The molecule has 0 fully saturated rings. The zero-order chi connectivity index (χ0) is 5.54. The van der Waals surface area contributed by atoms with Crippen molar-refractivity contribution in [3.8, 4) is 0 Å². The average molecular weight is 209 g/mol. The normalized spacial score (nSPS) is 8.29. The van der Waals surface area contributed by atoms with Gasteiger partial charge in [0.2, 0.25) is 0 Å². The van der Waals surface area contributed by atoms with Gasteiger partial charge in [0.1, 0.15) is 0 Å². The van der Waals surface area contributed by atoms with Gasteiger partial charge in [-0.25, -0.2) is 0 Å². The fraction of sp³-hybridized carbons (Fsp3) is 1.00. The molecule has 0 saturated heterocycles. The number of rotatable bonds is 4. The van der Waals surface area contributed by atoms with Crippen LogP contribution in [0.15, 0.2) is 0 Å². The molecule has 0 aliphatic rings. The minimum atomic E-state index is -0.819. The Morgan fingerprint density at radius 1 is 1.14 bits per heavy atom. The summed E-state index contributed by atoms with van der Waals surface area (Å²) in [5.41, 5.74) is 0. The third kappa shape index (κ3) is 6.72. The molecule has 2 nitrogen and oxygen atoms in total. The topological polar surface area (TPSA) is 18.5 Å². The molecule has 0 heterocycles. The molecule has 7 heavy (non-hydrogen) atoms. The monoisotopic (exact) mass is 210 g/mol. The van der Waals surface area contributed by atoms with Crippen molar-refractivity contribution in [2.24, 2.45) is 0 Å². The van der Waals surface area contributed by atoms with E-state index in [1.54, 1.807) is 0 Å². The van der Waals surface area contributed by atoms with Gasteiger partial charge in [-0.15, -0.1) is 0 Å². The molecule has 0 aromatic carbocycles. The molecule has 40 valence electrons. The van der Waals surface area contributed by atoms with Crippen LogP contribution in [0.2, 0.25) is 0 Å². The molecule has 0 aromatic rings. The first-order valence-corrected chi connectivity index (χ1v) is 4.73. The molecule has 0 atom stereocenters. The molecular formula is C4H10O2Sn+2. The number of hydrogen-bond donors (Lipinski definition) is 0. The summed E-state index contributed by atoms with van der Waals surface area (Å²) in [5, 5.41) is 0. The minimum absolute atomic E-state index is 0.812. The molecule has 0 unspecified atom stereocenters. The molecule has 0 aliphatic heterocycles. The molecule has 0 bridgehead atoms. The Kier molecular flexibility index (Phi) is 7.41.